The first-order valence-corrected chi connectivity index (χ1v) is 10.4. The Morgan fingerprint density at radius 1 is 1.00 bits per heavy atom. The first-order valence-electron chi connectivity index (χ1n) is 10.4. The highest BCUT2D eigenvalue weighted by atomic mass is 16.7. The molecule has 0 N–H and O–H groups in total. The number of carbonyl (C=O) groups excluding carboxylic acids is 3. The zero-order chi connectivity index (χ0) is 24.4. The van der Waals surface area contributed by atoms with Crippen molar-refractivity contribution in [2.75, 3.05) is 6.61 Å². The van der Waals surface area contributed by atoms with Crippen LogP contribution in [-0.2, 0) is 33.3 Å². The van der Waals surface area contributed by atoms with E-state index >= 15 is 0 Å². The van der Waals surface area contributed by atoms with E-state index < -0.39 is 48.0 Å². The summed E-state index contributed by atoms with van der Waals surface area (Å²) >= 11 is 0. The molecule has 4 rings (SSSR count). The summed E-state index contributed by atoms with van der Waals surface area (Å²) in [6, 6.07) is 10.4. The van der Waals surface area contributed by atoms with Gasteiger partial charge in [-0.25, -0.2) is 4.98 Å². The van der Waals surface area contributed by atoms with Crippen molar-refractivity contribution in [1.29, 1.82) is 0 Å². The second-order valence-electron chi connectivity index (χ2n) is 7.61. The van der Waals surface area contributed by atoms with E-state index in [4.69, 9.17) is 18.9 Å². The van der Waals surface area contributed by atoms with Crippen LogP contribution < -0.4 is 5.56 Å². The van der Waals surface area contributed by atoms with E-state index in [2.05, 4.69) is 10.1 Å². The van der Waals surface area contributed by atoms with Crippen molar-refractivity contribution in [2.24, 2.45) is 0 Å². The minimum Gasteiger partial charge on any atom is -0.463 e. The lowest BCUT2D eigenvalue weighted by Crippen LogP contribution is -2.40. The van der Waals surface area contributed by atoms with Gasteiger partial charge in [0.1, 0.15) is 19.0 Å². The number of hydrogen-bond donors (Lipinski definition) is 0. The first-order chi connectivity index (χ1) is 16.2. The lowest BCUT2D eigenvalue weighted by atomic mass is 10.1. The predicted octanol–water partition coefficient (Wildman–Crippen LogP) is 0.882. The molecule has 12 nitrogen and oxygen atoms in total. The van der Waals surface area contributed by atoms with E-state index in [9.17, 15) is 19.2 Å². The van der Waals surface area contributed by atoms with Crippen molar-refractivity contribution >= 4 is 23.7 Å². The second kappa shape index (κ2) is 9.43. The van der Waals surface area contributed by atoms with Crippen molar-refractivity contribution in [2.45, 2.75) is 45.3 Å². The smallest absolute Gasteiger partial charge is 0.303 e. The molecule has 0 aliphatic carbocycles. The molecule has 1 aliphatic heterocycles. The molecule has 2 aromatic heterocycles. The number of benzene rings is 1. The Kier molecular flexibility index (Phi) is 6.41. The lowest BCUT2D eigenvalue weighted by Gasteiger charge is -2.23. The van der Waals surface area contributed by atoms with E-state index in [0.29, 0.717) is 11.3 Å². The zero-order valence-corrected chi connectivity index (χ0v) is 18.6. The van der Waals surface area contributed by atoms with Gasteiger partial charge in [-0.1, -0.05) is 30.3 Å². The van der Waals surface area contributed by atoms with Gasteiger partial charge in [-0.2, -0.15) is 9.61 Å². The SMILES string of the molecule is CC(=O)OC[C@H]1O[C@@H](n2cnn3c(=O)cc(-c4ccccc4)nc23)[C@H](OC(C)=O)[C@@H]1OC(C)=O. The number of rotatable bonds is 6. The van der Waals surface area contributed by atoms with Gasteiger partial charge >= 0.3 is 17.9 Å². The average Bonchev–Trinajstić information content (AvgIpc) is 3.34. The summed E-state index contributed by atoms with van der Waals surface area (Å²) in [4.78, 5) is 52.3. The molecule has 3 heterocycles. The molecule has 12 heteroatoms. The van der Waals surface area contributed by atoms with Crippen LogP contribution in [0.2, 0.25) is 0 Å². The van der Waals surface area contributed by atoms with Crippen molar-refractivity contribution in [3.63, 3.8) is 0 Å². The van der Waals surface area contributed by atoms with Gasteiger partial charge in [0.15, 0.2) is 18.4 Å². The molecule has 34 heavy (non-hydrogen) atoms. The van der Waals surface area contributed by atoms with Crippen LogP contribution in [0.1, 0.15) is 27.0 Å². The summed E-state index contributed by atoms with van der Waals surface area (Å²) in [5.74, 6) is -1.74. The van der Waals surface area contributed by atoms with Gasteiger partial charge in [0.25, 0.3) is 5.56 Å². The molecule has 4 atom stereocenters. The largest absolute Gasteiger partial charge is 0.463 e. The molecular weight excluding hydrogens is 448 g/mol. The first kappa shape index (κ1) is 23.1. The second-order valence-corrected chi connectivity index (χ2v) is 7.61. The predicted molar refractivity (Wildman–Crippen MR) is 114 cm³/mol. The molecule has 0 spiro atoms. The lowest BCUT2D eigenvalue weighted by molar-refractivity contribution is -0.166. The van der Waals surface area contributed by atoms with Gasteiger partial charge in [-0.15, -0.1) is 0 Å². The number of esters is 3. The molecule has 178 valence electrons. The highest BCUT2D eigenvalue weighted by Crippen LogP contribution is 2.35. The molecule has 1 saturated heterocycles. The number of fused-ring (bicyclic) bond motifs is 1. The normalized spacial score (nSPS) is 21.9. The Labute approximate surface area is 193 Å². The third-order valence-corrected chi connectivity index (χ3v) is 5.09. The van der Waals surface area contributed by atoms with Gasteiger partial charge in [-0.05, 0) is 0 Å². The summed E-state index contributed by atoms with van der Waals surface area (Å²) < 4.78 is 24.4. The topological polar surface area (TPSA) is 140 Å². The van der Waals surface area contributed by atoms with E-state index in [1.165, 1.54) is 37.7 Å². The van der Waals surface area contributed by atoms with Crippen LogP contribution in [0.15, 0.2) is 47.5 Å². The van der Waals surface area contributed by atoms with Crippen molar-refractivity contribution < 1.29 is 33.3 Å². The maximum absolute atomic E-state index is 12.7. The fourth-order valence-electron chi connectivity index (χ4n) is 3.75. The van der Waals surface area contributed by atoms with E-state index in [1.54, 1.807) is 12.1 Å². The van der Waals surface area contributed by atoms with Gasteiger partial charge in [0.05, 0.1) is 5.69 Å². The quantitative estimate of drug-likeness (QED) is 0.377. The number of aromatic nitrogens is 4. The van der Waals surface area contributed by atoms with E-state index in [1.807, 2.05) is 18.2 Å². The molecule has 1 aliphatic rings. The molecule has 0 amide bonds. The van der Waals surface area contributed by atoms with Crippen molar-refractivity contribution in [1.82, 2.24) is 19.2 Å². The number of nitrogens with zero attached hydrogens (tertiary/aromatic N) is 4. The molecule has 0 bridgehead atoms. The van der Waals surface area contributed by atoms with Crippen LogP contribution in [0, 0.1) is 0 Å². The third-order valence-electron chi connectivity index (χ3n) is 5.09. The Balaban J connectivity index is 1.80. The molecule has 0 unspecified atom stereocenters. The van der Waals surface area contributed by atoms with Crippen LogP contribution in [0.3, 0.4) is 0 Å². The molecular formula is C22H22N4O8. The maximum Gasteiger partial charge on any atom is 0.303 e. The zero-order valence-electron chi connectivity index (χ0n) is 18.6. The van der Waals surface area contributed by atoms with Gasteiger partial charge < -0.3 is 18.9 Å². The highest BCUT2D eigenvalue weighted by molar-refractivity contribution is 5.68. The minimum absolute atomic E-state index is 0.114. The van der Waals surface area contributed by atoms with Crippen LogP contribution in [0.25, 0.3) is 17.0 Å². The summed E-state index contributed by atoms with van der Waals surface area (Å²) in [5.41, 5.74) is 0.685. The number of hydrogen-bond acceptors (Lipinski definition) is 10. The standard InChI is InChI=1S/C22H22N4O8/c1-12(27)31-10-17-19(32-13(2)28)20(33-14(3)29)21(34-17)25-11-23-26-18(30)9-16(24-22(25)26)15-7-5-4-6-8-15/h4-9,11,17,19-21H,10H2,1-3H3/t17-,19-,20-,21-/m1/s1. The average molecular weight is 470 g/mol. The van der Waals surface area contributed by atoms with Crippen molar-refractivity contribution in [3.8, 4) is 11.3 Å². The van der Waals surface area contributed by atoms with E-state index in [-0.39, 0.29) is 12.4 Å². The monoisotopic (exact) mass is 470 g/mol. The summed E-state index contributed by atoms with van der Waals surface area (Å²) in [6.45, 7) is 3.36. The van der Waals surface area contributed by atoms with Crippen LogP contribution in [0.4, 0.5) is 0 Å². The fourth-order valence-corrected chi connectivity index (χ4v) is 3.75. The Bertz CT molecular complexity index is 1290. The summed E-state index contributed by atoms with van der Waals surface area (Å²) in [6.07, 6.45) is -2.94. The van der Waals surface area contributed by atoms with E-state index in [0.717, 1.165) is 4.52 Å². The van der Waals surface area contributed by atoms with Crippen LogP contribution in [-0.4, -0.2) is 62.0 Å². The number of carbonyl (C=O) groups is 3. The van der Waals surface area contributed by atoms with Crippen LogP contribution >= 0.6 is 0 Å². The third kappa shape index (κ3) is 4.66. The molecule has 1 fully saturated rings. The summed E-state index contributed by atoms with van der Waals surface area (Å²) in [7, 11) is 0. The molecule has 0 saturated carbocycles. The maximum atomic E-state index is 12.7. The summed E-state index contributed by atoms with van der Waals surface area (Å²) in [5, 5.41) is 4.09. The Morgan fingerprint density at radius 3 is 2.32 bits per heavy atom. The molecule has 1 aromatic carbocycles. The van der Waals surface area contributed by atoms with Gasteiger partial charge in [0, 0.05) is 32.4 Å². The Hall–Kier alpha value is -4.06. The van der Waals surface area contributed by atoms with Crippen molar-refractivity contribution in [3.05, 3.63) is 53.1 Å². The Morgan fingerprint density at radius 2 is 1.68 bits per heavy atom. The van der Waals surface area contributed by atoms with Crippen LogP contribution in [0.5, 0.6) is 0 Å². The fraction of sp³-hybridized carbons (Fsp3) is 0.364. The molecule has 3 aromatic rings. The molecule has 0 radical (unpaired) electrons. The van der Waals surface area contributed by atoms with Gasteiger partial charge in [-0.3, -0.25) is 23.7 Å². The number of ether oxygens (including phenoxy) is 4. The van der Waals surface area contributed by atoms with Gasteiger partial charge in [0.2, 0.25) is 5.78 Å². The minimum atomic E-state index is -1.13. The highest BCUT2D eigenvalue weighted by Gasteiger charge is 2.51.